The predicted octanol–water partition coefficient (Wildman–Crippen LogP) is 5.03. The first-order valence-electron chi connectivity index (χ1n) is 6.37. The molecule has 84 valence electrons. The predicted molar refractivity (Wildman–Crippen MR) is 64.4 cm³/mol. The van der Waals surface area contributed by atoms with Gasteiger partial charge in [0.1, 0.15) is 0 Å². The Balaban J connectivity index is 2.55. The summed E-state index contributed by atoms with van der Waals surface area (Å²) in [7, 11) is 0. The van der Waals surface area contributed by atoms with Crippen molar-refractivity contribution in [1.29, 1.82) is 0 Å². The van der Waals surface area contributed by atoms with E-state index in [1.54, 1.807) is 0 Å². The summed E-state index contributed by atoms with van der Waals surface area (Å²) in [6.07, 6.45) is 8.55. The maximum absolute atomic E-state index is 2.51. The van der Waals surface area contributed by atoms with Gasteiger partial charge in [0, 0.05) is 0 Å². The number of hydrogen-bond acceptors (Lipinski definition) is 0. The van der Waals surface area contributed by atoms with Gasteiger partial charge in [-0.15, -0.1) is 0 Å². The Morgan fingerprint density at radius 1 is 1.14 bits per heavy atom. The van der Waals surface area contributed by atoms with E-state index < -0.39 is 0 Å². The first-order chi connectivity index (χ1) is 6.37. The van der Waals surface area contributed by atoms with Crippen molar-refractivity contribution in [2.45, 2.75) is 73.1 Å². The van der Waals surface area contributed by atoms with Gasteiger partial charge in [0.2, 0.25) is 0 Å². The van der Waals surface area contributed by atoms with Crippen molar-refractivity contribution in [3.05, 3.63) is 0 Å². The van der Waals surface area contributed by atoms with E-state index in [2.05, 4.69) is 34.6 Å². The molecule has 0 aromatic heterocycles. The largest absolute Gasteiger partial charge is 0.0651 e. The van der Waals surface area contributed by atoms with Crippen molar-refractivity contribution >= 4 is 0 Å². The van der Waals surface area contributed by atoms with Gasteiger partial charge in [0.25, 0.3) is 0 Å². The molecular formula is C14H28. The Labute approximate surface area is 90.5 Å². The summed E-state index contributed by atoms with van der Waals surface area (Å²) in [6.45, 7) is 12.1. The third-order valence-corrected chi connectivity index (χ3v) is 4.08. The smallest absolute Gasteiger partial charge is 0.0318 e. The summed E-state index contributed by atoms with van der Waals surface area (Å²) in [5, 5.41) is 0. The van der Waals surface area contributed by atoms with Gasteiger partial charge in [0.05, 0.1) is 0 Å². The summed E-state index contributed by atoms with van der Waals surface area (Å²) >= 11 is 0. The topological polar surface area (TPSA) is 0 Å². The highest BCUT2D eigenvalue weighted by molar-refractivity contribution is 4.88. The van der Waals surface area contributed by atoms with Gasteiger partial charge >= 0.3 is 0 Å². The average molecular weight is 196 g/mol. The minimum absolute atomic E-state index is 0.598. The van der Waals surface area contributed by atoms with Crippen LogP contribution < -0.4 is 0 Å². The Bertz CT molecular complexity index is 180. The van der Waals surface area contributed by atoms with Crippen molar-refractivity contribution in [2.75, 3.05) is 0 Å². The van der Waals surface area contributed by atoms with Gasteiger partial charge in [-0.25, -0.2) is 0 Å². The van der Waals surface area contributed by atoms with Gasteiger partial charge in [-0.3, -0.25) is 0 Å². The molecule has 1 rings (SSSR count). The molecule has 0 saturated heterocycles. The second kappa shape index (κ2) is 4.24. The highest BCUT2D eigenvalue weighted by atomic mass is 14.4. The highest BCUT2D eigenvalue weighted by Crippen LogP contribution is 2.49. The molecule has 1 saturated carbocycles. The molecular weight excluding hydrogens is 168 g/mol. The third kappa shape index (κ3) is 3.29. The monoisotopic (exact) mass is 196 g/mol. The molecule has 0 bridgehead atoms. The van der Waals surface area contributed by atoms with Crippen LogP contribution in [-0.4, -0.2) is 0 Å². The second-order valence-electron chi connectivity index (χ2n) is 6.72. The van der Waals surface area contributed by atoms with Crippen LogP contribution >= 0.6 is 0 Å². The van der Waals surface area contributed by atoms with E-state index in [0.29, 0.717) is 10.8 Å². The summed E-state index contributed by atoms with van der Waals surface area (Å²) in [4.78, 5) is 0. The summed E-state index contributed by atoms with van der Waals surface area (Å²) in [5.74, 6) is 0.911. The van der Waals surface area contributed by atoms with E-state index in [1.807, 2.05) is 0 Å². The second-order valence-corrected chi connectivity index (χ2v) is 6.72. The molecule has 0 heteroatoms. The zero-order chi connectivity index (χ0) is 10.8. The minimum atomic E-state index is 0.598. The molecule has 0 spiro atoms. The molecule has 2 atom stereocenters. The highest BCUT2D eigenvalue weighted by Gasteiger charge is 2.36. The van der Waals surface area contributed by atoms with Crippen LogP contribution in [0.15, 0.2) is 0 Å². The lowest BCUT2D eigenvalue weighted by Crippen LogP contribution is -2.32. The Kier molecular flexibility index (Phi) is 3.66. The van der Waals surface area contributed by atoms with Crippen molar-refractivity contribution in [3.63, 3.8) is 0 Å². The first-order valence-corrected chi connectivity index (χ1v) is 6.37. The number of hydrogen-bond donors (Lipinski definition) is 0. The standard InChI is InChI=1S/C14H28/c1-6-12(2)10-14(5)9-7-8-13(3,4)11-14/h12H,6-11H2,1-5H3. The van der Waals surface area contributed by atoms with E-state index >= 15 is 0 Å². The summed E-state index contributed by atoms with van der Waals surface area (Å²) in [6, 6.07) is 0. The molecule has 0 heterocycles. The Morgan fingerprint density at radius 3 is 2.29 bits per heavy atom. The third-order valence-electron chi connectivity index (χ3n) is 4.08. The summed E-state index contributed by atoms with van der Waals surface area (Å²) in [5.41, 5.74) is 1.23. The molecule has 1 aliphatic rings. The summed E-state index contributed by atoms with van der Waals surface area (Å²) < 4.78 is 0. The lowest BCUT2D eigenvalue weighted by molar-refractivity contribution is 0.0764. The molecule has 0 radical (unpaired) electrons. The Morgan fingerprint density at radius 2 is 1.79 bits per heavy atom. The van der Waals surface area contributed by atoms with Gasteiger partial charge in [-0.2, -0.15) is 0 Å². The molecule has 2 unspecified atom stereocenters. The van der Waals surface area contributed by atoms with Gasteiger partial charge in [-0.1, -0.05) is 47.5 Å². The quantitative estimate of drug-likeness (QED) is 0.594. The van der Waals surface area contributed by atoms with E-state index in [4.69, 9.17) is 0 Å². The maximum atomic E-state index is 2.51. The number of rotatable bonds is 3. The van der Waals surface area contributed by atoms with Crippen molar-refractivity contribution in [1.82, 2.24) is 0 Å². The lowest BCUT2D eigenvalue weighted by atomic mass is 9.62. The van der Waals surface area contributed by atoms with Crippen LogP contribution in [0.2, 0.25) is 0 Å². The van der Waals surface area contributed by atoms with Crippen molar-refractivity contribution in [3.8, 4) is 0 Å². The minimum Gasteiger partial charge on any atom is -0.0651 e. The van der Waals surface area contributed by atoms with E-state index in [9.17, 15) is 0 Å². The molecule has 0 aromatic rings. The van der Waals surface area contributed by atoms with Crippen LogP contribution in [-0.2, 0) is 0 Å². The zero-order valence-corrected chi connectivity index (χ0v) is 10.8. The normalized spacial score (nSPS) is 34.1. The van der Waals surface area contributed by atoms with Crippen molar-refractivity contribution in [2.24, 2.45) is 16.7 Å². The fourth-order valence-corrected chi connectivity index (χ4v) is 3.49. The average Bonchev–Trinajstić information content (AvgIpc) is 2.00. The molecule has 1 fully saturated rings. The zero-order valence-electron chi connectivity index (χ0n) is 10.8. The molecule has 0 aliphatic heterocycles. The molecule has 14 heavy (non-hydrogen) atoms. The van der Waals surface area contributed by atoms with Gasteiger partial charge in [0.15, 0.2) is 0 Å². The molecule has 1 aliphatic carbocycles. The van der Waals surface area contributed by atoms with Crippen molar-refractivity contribution < 1.29 is 0 Å². The van der Waals surface area contributed by atoms with Crippen LogP contribution in [0, 0.1) is 16.7 Å². The first kappa shape index (κ1) is 12.1. The SMILES string of the molecule is CCC(C)CC1(C)CCCC(C)(C)C1. The molecule has 0 amide bonds. The van der Waals surface area contributed by atoms with Gasteiger partial charge in [-0.05, 0) is 42.4 Å². The maximum Gasteiger partial charge on any atom is -0.0318 e. The van der Waals surface area contributed by atoms with Crippen LogP contribution in [0.25, 0.3) is 0 Å². The van der Waals surface area contributed by atoms with Crippen LogP contribution in [0.3, 0.4) is 0 Å². The molecule has 0 aromatic carbocycles. The van der Waals surface area contributed by atoms with Gasteiger partial charge < -0.3 is 0 Å². The molecule has 0 nitrogen and oxygen atoms in total. The fourth-order valence-electron chi connectivity index (χ4n) is 3.49. The van der Waals surface area contributed by atoms with E-state index in [1.165, 1.54) is 38.5 Å². The van der Waals surface area contributed by atoms with Crippen LogP contribution in [0.5, 0.6) is 0 Å². The van der Waals surface area contributed by atoms with E-state index in [0.717, 1.165) is 5.92 Å². The molecule has 0 N–H and O–H groups in total. The van der Waals surface area contributed by atoms with Crippen LogP contribution in [0.4, 0.5) is 0 Å². The fraction of sp³-hybridized carbons (Fsp3) is 1.00. The van der Waals surface area contributed by atoms with E-state index in [-0.39, 0.29) is 0 Å². The van der Waals surface area contributed by atoms with Crippen LogP contribution in [0.1, 0.15) is 73.1 Å². The Hall–Kier alpha value is 0. The lowest BCUT2D eigenvalue weighted by Gasteiger charge is -2.44.